The number of hydrogen-bond acceptors (Lipinski definition) is 3. The van der Waals surface area contributed by atoms with Gasteiger partial charge in [-0.2, -0.15) is 5.10 Å². The smallest absolute Gasteiger partial charge is 0.264 e. The lowest BCUT2D eigenvalue weighted by Crippen LogP contribution is -2.38. The second-order valence-corrected chi connectivity index (χ2v) is 7.43. The third kappa shape index (κ3) is 2.58. The molecule has 0 spiro atoms. The minimum Gasteiger partial charge on any atom is -0.333 e. The van der Waals surface area contributed by atoms with Gasteiger partial charge in [0.05, 0.1) is 23.7 Å². The molecule has 3 heterocycles. The van der Waals surface area contributed by atoms with Crippen molar-refractivity contribution < 1.29 is 4.79 Å². The maximum absolute atomic E-state index is 13.0. The molecule has 0 aromatic carbocycles. The lowest BCUT2D eigenvalue weighted by atomic mass is 10.1. The zero-order valence-electron chi connectivity index (χ0n) is 12.9. The van der Waals surface area contributed by atoms with E-state index >= 15 is 0 Å². The maximum atomic E-state index is 13.0. The molecule has 1 saturated carbocycles. The Hall–Kier alpha value is -1.62. The second-order valence-electron chi connectivity index (χ2n) is 6.51. The van der Waals surface area contributed by atoms with Crippen LogP contribution in [-0.2, 0) is 6.54 Å². The highest BCUT2D eigenvalue weighted by Gasteiger charge is 2.34. The first-order valence-corrected chi connectivity index (χ1v) is 8.98. The minimum atomic E-state index is 0.239. The number of carbonyl (C=O) groups is 1. The molecule has 4 rings (SSSR count). The Morgan fingerprint density at radius 2 is 2.27 bits per heavy atom. The molecular weight excluding hydrogens is 294 g/mol. The van der Waals surface area contributed by atoms with E-state index in [4.69, 9.17) is 0 Å². The molecule has 1 atom stereocenters. The monoisotopic (exact) mass is 315 g/mol. The molecule has 4 nitrogen and oxygen atoms in total. The predicted octanol–water partition coefficient (Wildman–Crippen LogP) is 3.44. The first-order chi connectivity index (χ1) is 10.7. The van der Waals surface area contributed by atoms with Crippen LogP contribution in [0.4, 0.5) is 0 Å². The van der Waals surface area contributed by atoms with Gasteiger partial charge in [0, 0.05) is 12.7 Å². The molecule has 2 aliphatic rings. The molecule has 1 saturated heterocycles. The van der Waals surface area contributed by atoms with Crippen molar-refractivity contribution in [3.05, 3.63) is 39.8 Å². The highest BCUT2D eigenvalue weighted by atomic mass is 32.1. The van der Waals surface area contributed by atoms with E-state index in [0.717, 1.165) is 30.8 Å². The fourth-order valence-corrected chi connectivity index (χ4v) is 4.35. The van der Waals surface area contributed by atoms with Gasteiger partial charge >= 0.3 is 0 Å². The van der Waals surface area contributed by atoms with Gasteiger partial charge in [0.2, 0.25) is 0 Å². The van der Waals surface area contributed by atoms with Gasteiger partial charge in [-0.05, 0) is 61.1 Å². The Morgan fingerprint density at radius 1 is 1.41 bits per heavy atom. The standard InChI is InChI=1S/C17H21N3OS/c1-12-9-18-19(10-12)11-14-3-2-7-20(14)17(21)16-15(6-8-22-16)13-4-5-13/h6,8-10,13-14H,2-5,7,11H2,1H3/t14-/m1/s1. The van der Waals surface area contributed by atoms with Gasteiger partial charge in [-0.3, -0.25) is 9.48 Å². The molecule has 5 heteroatoms. The zero-order valence-corrected chi connectivity index (χ0v) is 13.7. The molecule has 2 aromatic rings. The van der Waals surface area contributed by atoms with E-state index in [1.807, 2.05) is 10.9 Å². The van der Waals surface area contributed by atoms with E-state index in [1.54, 1.807) is 11.3 Å². The topological polar surface area (TPSA) is 38.1 Å². The van der Waals surface area contributed by atoms with Crippen molar-refractivity contribution in [2.75, 3.05) is 6.54 Å². The van der Waals surface area contributed by atoms with Crippen LogP contribution in [0.5, 0.6) is 0 Å². The molecule has 2 aromatic heterocycles. The molecule has 1 aliphatic heterocycles. The van der Waals surface area contributed by atoms with Crippen LogP contribution in [0, 0.1) is 6.92 Å². The van der Waals surface area contributed by atoms with Gasteiger partial charge in [-0.1, -0.05) is 0 Å². The fourth-order valence-electron chi connectivity index (χ4n) is 3.41. The average Bonchev–Trinajstić information content (AvgIpc) is 2.92. The van der Waals surface area contributed by atoms with Crippen molar-refractivity contribution in [3.8, 4) is 0 Å². The number of nitrogens with zero attached hydrogens (tertiary/aromatic N) is 3. The van der Waals surface area contributed by atoms with Crippen molar-refractivity contribution in [2.24, 2.45) is 0 Å². The molecule has 1 aliphatic carbocycles. The van der Waals surface area contributed by atoms with Gasteiger partial charge in [0.15, 0.2) is 0 Å². The number of amides is 1. The molecule has 0 N–H and O–H groups in total. The number of thiophene rings is 1. The van der Waals surface area contributed by atoms with Crippen molar-refractivity contribution in [3.63, 3.8) is 0 Å². The van der Waals surface area contributed by atoms with Crippen molar-refractivity contribution in [1.29, 1.82) is 0 Å². The molecule has 0 radical (unpaired) electrons. The highest BCUT2D eigenvalue weighted by Crippen LogP contribution is 2.43. The van der Waals surface area contributed by atoms with Crippen LogP contribution in [0.15, 0.2) is 23.8 Å². The number of carbonyl (C=O) groups excluding carboxylic acids is 1. The summed E-state index contributed by atoms with van der Waals surface area (Å²) in [6, 6.07) is 2.43. The summed E-state index contributed by atoms with van der Waals surface area (Å²) in [4.78, 5) is 16.0. The quantitative estimate of drug-likeness (QED) is 0.867. The van der Waals surface area contributed by atoms with E-state index in [0.29, 0.717) is 5.92 Å². The van der Waals surface area contributed by atoms with Gasteiger partial charge in [0.25, 0.3) is 5.91 Å². The Balaban J connectivity index is 1.52. The Kier molecular flexibility index (Phi) is 3.53. The number of hydrogen-bond donors (Lipinski definition) is 0. The Labute approximate surface area is 134 Å². The number of rotatable bonds is 4. The summed E-state index contributed by atoms with van der Waals surface area (Å²) in [5, 5.41) is 6.45. The average molecular weight is 315 g/mol. The van der Waals surface area contributed by atoms with Crippen LogP contribution in [0.1, 0.15) is 52.4 Å². The van der Waals surface area contributed by atoms with E-state index in [2.05, 4.69) is 34.6 Å². The summed E-state index contributed by atoms with van der Waals surface area (Å²) in [5.41, 5.74) is 2.46. The largest absolute Gasteiger partial charge is 0.333 e. The second kappa shape index (κ2) is 5.54. The summed E-state index contributed by atoms with van der Waals surface area (Å²) in [7, 11) is 0. The van der Waals surface area contributed by atoms with E-state index in [1.165, 1.54) is 24.0 Å². The van der Waals surface area contributed by atoms with Crippen LogP contribution < -0.4 is 0 Å². The third-order valence-electron chi connectivity index (χ3n) is 4.71. The molecule has 116 valence electrons. The molecular formula is C17H21N3OS. The first-order valence-electron chi connectivity index (χ1n) is 8.10. The van der Waals surface area contributed by atoms with Crippen LogP contribution in [-0.4, -0.2) is 33.2 Å². The first kappa shape index (κ1) is 14.0. The normalized spacial score (nSPS) is 21.5. The van der Waals surface area contributed by atoms with E-state index in [9.17, 15) is 4.79 Å². The lowest BCUT2D eigenvalue weighted by Gasteiger charge is -2.24. The van der Waals surface area contributed by atoms with Crippen molar-refractivity contribution in [1.82, 2.24) is 14.7 Å². The Morgan fingerprint density at radius 3 is 3.00 bits per heavy atom. The summed E-state index contributed by atoms with van der Waals surface area (Å²) < 4.78 is 1.97. The highest BCUT2D eigenvalue weighted by molar-refractivity contribution is 7.12. The van der Waals surface area contributed by atoms with Crippen molar-refractivity contribution >= 4 is 17.2 Å². The van der Waals surface area contributed by atoms with E-state index in [-0.39, 0.29) is 11.9 Å². The summed E-state index contributed by atoms with van der Waals surface area (Å²) in [6.45, 7) is 3.74. The van der Waals surface area contributed by atoms with Crippen LogP contribution in [0.25, 0.3) is 0 Å². The number of likely N-dealkylation sites (tertiary alicyclic amines) is 1. The SMILES string of the molecule is Cc1cnn(C[C@H]2CCCN2C(=O)c2sccc2C2CC2)c1. The molecule has 2 fully saturated rings. The third-order valence-corrected chi connectivity index (χ3v) is 5.62. The van der Waals surface area contributed by atoms with E-state index < -0.39 is 0 Å². The minimum absolute atomic E-state index is 0.239. The van der Waals surface area contributed by atoms with Gasteiger partial charge in [-0.25, -0.2) is 0 Å². The fraction of sp³-hybridized carbons (Fsp3) is 0.529. The van der Waals surface area contributed by atoms with Crippen LogP contribution in [0.2, 0.25) is 0 Å². The summed E-state index contributed by atoms with van der Waals surface area (Å²) >= 11 is 1.61. The number of aryl methyl sites for hydroxylation is 1. The lowest BCUT2D eigenvalue weighted by molar-refractivity contribution is 0.0725. The molecule has 22 heavy (non-hydrogen) atoms. The number of aromatic nitrogens is 2. The zero-order chi connectivity index (χ0) is 15.1. The van der Waals surface area contributed by atoms with Crippen LogP contribution >= 0.6 is 11.3 Å². The van der Waals surface area contributed by atoms with Gasteiger partial charge in [0.1, 0.15) is 0 Å². The Bertz CT molecular complexity index is 686. The maximum Gasteiger partial charge on any atom is 0.264 e. The molecule has 1 amide bonds. The molecule has 0 unspecified atom stereocenters. The summed E-state index contributed by atoms with van der Waals surface area (Å²) in [6.07, 6.45) is 8.60. The predicted molar refractivity (Wildman–Crippen MR) is 87.3 cm³/mol. The summed E-state index contributed by atoms with van der Waals surface area (Å²) in [5.74, 6) is 0.878. The van der Waals surface area contributed by atoms with Gasteiger partial charge < -0.3 is 4.90 Å². The van der Waals surface area contributed by atoms with Crippen molar-refractivity contribution in [2.45, 2.75) is 51.1 Å². The van der Waals surface area contributed by atoms with Crippen LogP contribution in [0.3, 0.4) is 0 Å². The molecule has 0 bridgehead atoms. The van der Waals surface area contributed by atoms with Gasteiger partial charge in [-0.15, -0.1) is 11.3 Å².